The van der Waals surface area contributed by atoms with Crippen LogP contribution in [0.1, 0.15) is 57.9 Å². The number of likely N-dealkylation sites (tertiary alicyclic amines) is 1. The fourth-order valence-electron chi connectivity index (χ4n) is 4.57. The summed E-state index contributed by atoms with van der Waals surface area (Å²) in [7, 11) is 0. The monoisotopic (exact) mass is 483 g/mol. The standard InChI is InChI=1S/C27H34FN3O4/c1-27(2,3)35-26(34)30-24(25(33)31-13-12-21(28)16-31)22(14-17-4-5-17)19-8-6-18(7-9-19)20-10-11-23(32)29-15-20/h6-11,15,17,21-22,24H,4-5,12-14,16H2,1-3H3,(H,29,32)(H,30,34)/t21-,22-,24-/m0/s1. The molecule has 0 unspecified atom stereocenters. The molecule has 2 amide bonds. The molecule has 188 valence electrons. The maximum Gasteiger partial charge on any atom is 0.408 e. The zero-order valence-electron chi connectivity index (χ0n) is 20.6. The molecular formula is C27H34FN3O4. The third-order valence-corrected chi connectivity index (χ3v) is 6.52. The van der Waals surface area contributed by atoms with Gasteiger partial charge in [-0.3, -0.25) is 9.59 Å². The van der Waals surface area contributed by atoms with Crippen LogP contribution in [0.4, 0.5) is 9.18 Å². The summed E-state index contributed by atoms with van der Waals surface area (Å²) in [6.45, 7) is 5.71. The van der Waals surface area contributed by atoms with Crippen molar-refractivity contribution in [2.24, 2.45) is 5.92 Å². The van der Waals surface area contributed by atoms with Crippen molar-refractivity contribution in [3.05, 3.63) is 58.5 Å². The Morgan fingerprint density at radius 3 is 2.34 bits per heavy atom. The second-order valence-corrected chi connectivity index (χ2v) is 10.6. The third-order valence-electron chi connectivity index (χ3n) is 6.52. The Hall–Kier alpha value is -3.16. The number of nitrogens with zero attached hydrogens (tertiary/aromatic N) is 1. The predicted molar refractivity (Wildman–Crippen MR) is 132 cm³/mol. The number of halogens is 1. The molecule has 35 heavy (non-hydrogen) atoms. The van der Waals surface area contributed by atoms with Gasteiger partial charge in [-0.15, -0.1) is 0 Å². The van der Waals surface area contributed by atoms with Gasteiger partial charge >= 0.3 is 6.09 Å². The molecule has 1 saturated carbocycles. The number of hydrogen-bond donors (Lipinski definition) is 2. The van der Waals surface area contributed by atoms with Gasteiger partial charge in [0.2, 0.25) is 11.5 Å². The van der Waals surface area contributed by atoms with Crippen molar-refractivity contribution < 1.29 is 18.7 Å². The summed E-state index contributed by atoms with van der Waals surface area (Å²) in [5.74, 6) is -0.0562. The number of alkyl halides is 1. The smallest absolute Gasteiger partial charge is 0.408 e. The minimum Gasteiger partial charge on any atom is -0.444 e. The van der Waals surface area contributed by atoms with Gasteiger partial charge in [0.05, 0.1) is 6.54 Å². The molecule has 1 aromatic heterocycles. The molecule has 2 heterocycles. The van der Waals surface area contributed by atoms with Crippen LogP contribution < -0.4 is 10.9 Å². The van der Waals surface area contributed by atoms with Crippen LogP contribution in [0.5, 0.6) is 0 Å². The molecular weight excluding hydrogens is 449 g/mol. The molecule has 1 aliphatic heterocycles. The van der Waals surface area contributed by atoms with Crippen LogP contribution in [0.25, 0.3) is 11.1 Å². The lowest BCUT2D eigenvalue weighted by Crippen LogP contribution is -2.52. The van der Waals surface area contributed by atoms with Gasteiger partial charge in [-0.25, -0.2) is 9.18 Å². The molecule has 2 fully saturated rings. The molecule has 0 bridgehead atoms. The Labute approximate surface area is 205 Å². The van der Waals surface area contributed by atoms with Crippen molar-refractivity contribution in [1.82, 2.24) is 15.2 Å². The summed E-state index contributed by atoms with van der Waals surface area (Å²) in [4.78, 5) is 41.9. The van der Waals surface area contributed by atoms with Gasteiger partial charge in [0.1, 0.15) is 17.8 Å². The molecule has 8 heteroatoms. The summed E-state index contributed by atoms with van der Waals surface area (Å²) in [5.41, 5.74) is 1.86. The SMILES string of the molecule is CC(C)(C)OC(=O)N[C@H](C(=O)N1CC[C@H](F)C1)[C@@H](CC1CC1)c1ccc(-c2ccc(=O)[nH]c2)cc1. The van der Waals surface area contributed by atoms with E-state index in [1.54, 1.807) is 33.0 Å². The summed E-state index contributed by atoms with van der Waals surface area (Å²) in [5, 5.41) is 2.83. The van der Waals surface area contributed by atoms with E-state index in [1.807, 2.05) is 24.3 Å². The van der Waals surface area contributed by atoms with E-state index in [4.69, 9.17) is 4.74 Å². The van der Waals surface area contributed by atoms with Crippen molar-refractivity contribution in [2.45, 2.75) is 70.2 Å². The molecule has 0 spiro atoms. The van der Waals surface area contributed by atoms with E-state index in [0.29, 0.717) is 18.9 Å². The highest BCUT2D eigenvalue weighted by atomic mass is 19.1. The molecule has 2 N–H and O–H groups in total. The lowest BCUT2D eigenvalue weighted by atomic mass is 9.85. The van der Waals surface area contributed by atoms with E-state index in [0.717, 1.165) is 36.0 Å². The zero-order valence-corrected chi connectivity index (χ0v) is 20.6. The van der Waals surface area contributed by atoms with Gasteiger partial charge in [0.15, 0.2) is 0 Å². The van der Waals surface area contributed by atoms with E-state index in [-0.39, 0.29) is 23.9 Å². The van der Waals surface area contributed by atoms with Crippen molar-refractivity contribution >= 4 is 12.0 Å². The second kappa shape index (κ2) is 10.2. The van der Waals surface area contributed by atoms with Crippen molar-refractivity contribution in [3.63, 3.8) is 0 Å². The van der Waals surface area contributed by atoms with E-state index < -0.39 is 23.9 Å². The number of amides is 2. The van der Waals surface area contributed by atoms with E-state index in [1.165, 1.54) is 11.0 Å². The summed E-state index contributed by atoms with van der Waals surface area (Å²) in [6.07, 6.45) is 3.21. The molecule has 2 aromatic rings. The van der Waals surface area contributed by atoms with Gasteiger partial charge in [-0.2, -0.15) is 0 Å². The average Bonchev–Trinajstić information content (AvgIpc) is 3.52. The van der Waals surface area contributed by atoms with Crippen LogP contribution >= 0.6 is 0 Å². The molecule has 2 aliphatic rings. The first-order chi connectivity index (χ1) is 16.6. The van der Waals surface area contributed by atoms with Gasteiger partial charge in [0.25, 0.3) is 0 Å². The van der Waals surface area contributed by atoms with E-state index >= 15 is 0 Å². The first kappa shape index (κ1) is 24.9. The highest BCUT2D eigenvalue weighted by molar-refractivity contribution is 5.87. The molecule has 4 rings (SSSR count). The number of benzene rings is 1. The number of carbonyl (C=O) groups is 2. The Bertz CT molecular complexity index is 1080. The number of hydrogen-bond acceptors (Lipinski definition) is 4. The van der Waals surface area contributed by atoms with Crippen LogP contribution in [0.3, 0.4) is 0 Å². The maximum absolute atomic E-state index is 13.9. The van der Waals surface area contributed by atoms with Crippen molar-refractivity contribution in [3.8, 4) is 11.1 Å². The lowest BCUT2D eigenvalue weighted by molar-refractivity contribution is -0.133. The Kier molecular flexibility index (Phi) is 7.28. The van der Waals surface area contributed by atoms with Crippen LogP contribution in [0.15, 0.2) is 47.4 Å². The van der Waals surface area contributed by atoms with E-state index in [9.17, 15) is 18.8 Å². The van der Waals surface area contributed by atoms with Gasteiger partial charge in [0, 0.05) is 24.7 Å². The predicted octanol–water partition coefficient (Wildman–Crippen LogP) is 4.39. The van der Waals surface area contributed by atoms with Gasteiger partial charge < -0.3 is 19.9 Å². The highest BCUT2D eigenvalue weighted by Crippen LogP contribution is 2.41. The Morgan fingerprint density at radius 1 is 1.11 bits per heavy atom. The van der Waals surface area contributed by atoms with Crippen molar-refractivity contribution in [2.75, 3.05) is 13.1 Å². The number of nitrogens with one attached hydrogen (secondary N) is 2. The van der Waals surface area contributed by atoms with Crippen molar-refractivity contribution in [1.29, 1.82) is 0 Å². The topological polar surface area (TPSA) is 91.5 Å². The normalized spacial score (nSPS) is 19.8. The molecule has 1 aromatic carbocycles. The van der Waals surface area contributed by atoms with Crippen LogP contribution in [0.2, 0.25) is 0 Å². The molecule has 7 nitrogen and oxygen atoms in total. The molecule has 0 radical (unpaired) electrons. The number of H-pyrrole nitrogens is 1. The molecule has 3 atom stereocenters. The quantitative estimate of drug-likeness (QED) is 0.611. The van der Waals surface area contributed by atoms with Crippen LogP contribution in [0, 0.1) is 5.92 Å². The Morgan fingerprint density at radius 2 is 1.80 bits per heavy atom. The number of aromatic nitrogens is 1. The summed E-state index contributed by atoms with van der Waals surface area (Å²) < 4.78 is 19.4. The van der Waals surface area contributed by atoms with Crippen LogP contribution in [-0.4, -0.2) is 52.8 Å². The van der Waals surface area contributed by atoms with Gasteiger partial charge in [-0.05, 0) is 62.3 Å². The summed E-state index contributed by atoms with van der Waals surface area (Å²) in [6, 6.07) is 10.2. The number of pyridine rings is 1. The van der Waals surface area contributed by atoms with Gasteiger partial charge in [-0.1, -0.05) is 37.1 Å². The molecule has 1 saturated heterocycles. The highest BCUT2D eigenvalue weighted by Gasteiger charge is 2.40. The minimum atomic E-state index is -1.04. The number of rotatable bonds is 7. The second-order valence-electron chi connectivity index (χ2n) is 10.6. The lowest BCUT2D eigenvalue weighted by Gasteiger charge is -2.32. The number of aromatic amines is 1. The molecule has 1 aliphatic carbocycles. The largest absolute Gasteiger partial charge is 0.444 e. The fraction of sp³-hybridized carbons (Fsp3) is 0.519. The van der Waals surface area contributed by atoms with Crippen LogP contribution in [-0.2, 0) is 9.53 Å². The minimum absolute atomic E-state index is 0.0482. The number of alkyl carbamates (subject to hydrolysis) is 1. The zero-order chi connectivity index (χ0) is 25.2. The maximum atomic E-state index is 13.9. The third kappa shape index (κ3) is 6.71. The first-order valence-corrected chi connectivity index (χ1v) is 12.3. The van der Waals surface area contributed by atoms with E-state index in [2.05, 4.69) is 10.3 Å². The summed E-state index contributed by atoms with van der Waals surface area (Å²) >= 11 is 0. The number of ether oxygens (including phenoxy) is 1. The number of carbonyl (C=O) groups excluding carboxylic acids is 2. The fourth-order valence-corrected chi connectivity index (χ4v) is 4.57. The Balaban J connectivity index is 1.63. The average molecular weight is 484 g/mol. The first-order valence-electron chi connectivity index (χ1n) is 12.3.